The molecule has 3 rings (SSSR count). The van der Waals surface area contributed by atoms with Gasteiger partial charge in [-0.25, -0.2) is 0 Å². The summed E-state index contributed by atoms with van der Waals surface area (Å²) in [6.45, 7) is 2.02. The summed E-state index contributed by atoms with van der Waals surface area (Å²) in [4.78, 5) is 13.2. The lowest BCUT2D eigenvalue weighted by molar-refractivity contribution is 0.112. The van der Waals surface area contributed by atoms with Crippen LogP contribution in [0.5, 0.6) is 0 Å². The van der Waals surface area contributed by atoms with Gasteiger partial charge in [-0.3, -0.25) is 4.79 Å². The van der Waals surface area contributed by atoms with E-state index in [0.29, 0.717) is 0 Å². The lowest BCUT2D eigenvalue weighted by Gasteiger charge is -2.22. The highest BCUT2D eigenvalue weighted by Gasteiger charge is 2.17. The normalized spacial score (nSPS) is 12.3. The number of benzene rings is 2. The van der Waals surface area contributed by atoms with Crippen LogP contribution in [-0.4, -0.2) is 6.29 Å². The van der Waals surface area contributed by atoms with E-state index in [1.54, 1.807) is 11.8 Å². The third kappa shape index (κ3) is 1.72. The highest BCUT2D eigenvalue weighted by molar-refractivity contribution is 7.99. The van der Waals surface area contributed by atoms with E-state index in [0.717, 1.165) is 33.7 Å². The molecule has 0 amide bonds. The van der Waals surface area contributed by atoms with Gasteiger partial charge in [0.2, 0.25) is 0 Å². The second kappa shape index (κ2) is 3.93. The van der Waals surface area contributed by atoms with E-state index in [2.05, 4.69) is 17.4 Å². The van der Waals surface area contributed by atoms with E-state index >= 15 is 0 Å². The van der Waals surface area contributed by atoms with Crippen molar-refractivity contribution in [1.82, 2.24) is 0 Å². The Morgan fingerprint density at radius 3 is 2.82 bits per heavy atom. The molecule has 3 heteroatoms. The van der Waals surface area contributed by atoms with Gasteiger partial charge in [0.05, 0.1) is 11.4 Å². The Morgan fingerprint density at radius 2 is 2.00 bits per heavy atom. The average Bonchev–Trinajstić information content (AvgIpc) is 2.36. The molecule has 0 radical (unpaired) electrons. The molecule has 0 bridgehead atoms. The first-order chi connectivity index (χ1) is 8.28. The van der Waals surface area contributed by atoms with Crippen molar-refractivity contribution >= 4 is 29.4 Å². The zero-order chi connectivity index (χ0) is 11.8. The lowest BCUT2D eigenvalue weighted by atomic mass is 10.1. The van der Waals surface area contributed by atoms with Gasteiger partial charge in [-0.1, -0.05) is 23.9 Å². The maximum absolute atomic E-state index is 10.9. The van der Waals surface area contributed by atoms with Crippen LogP contribution in [0.15, 0.2) is 46.2 Å². The summed E-state index contributed by atoms with van der Waals surface area (Å²) in [5, 5.41) is 3.42. The first-order valence-electron chi connectivity index (χ1n) is 5.41. The fourth-order valence-corrected chi connectivity index (χ4v) is 3.12. The number of fused-ring (bicyclic) bond motifs is 2. The molecule has 2 aromatic carbocycles. The van der Waals surface area contributed by atoms with Crippen molar-refractivity contribution in [2.75, 3.05) is 5.32 Å². The van der Waals surface area contributed by atoms with Gasteiger partial charge in [0.1, 0.15) is 6.29 Å². The summed E-state index contributed by atoms with van der Waals surface area (Å²) in [6, 6.07) is 12.0. The lowest BCUT2D eigenvalue weighted by Crippen LogP contribution is -2.02. The number of hydrogen-bond acceptors (Lipinski definition) is 3. The van der Waals surface area contributed by atoms with E-state index in [4.69, 9.17) is 0 Å². The van der Waals surface area contributed by atoms with E-state index < -0.39 is 0 Å². The van der Waals surface area contributed by atoms with Gasteiger partial charge in [-0.15, -0.1) is 0 Å². The van der Waals surface area contributed by atoms with Crippen molar-refractivity contribution in [3.8, 4) is 0 Å². The molecule has 0 atom stereocenters. The Morgan fingerprint density at radius 1 is 1.18 bits per heavy atom. The van der Waals surface area contributed by atoms with Gasteiger partial charge < -0.3 is 5.32 Å². The molecule has 84 valence electrons. The zero-order valence-corrected chi connectivity index (χ0v) is 10.2. The summed E-state index contributed by atoms with van der Waals surface area (Å²) in [6.07, 6.45) is 0.897. The quantitative estimate of drug-likeness (QED) is 0.652. The molecular weight excluding hydrogens is 230 g/mol. The predicted molar refractivity (Wildman–Crippen MR) is 70.4 cm³/mol. The number of anilines is 2. The number of para-hydroxylation sites is 1. The molecular formula is C14H11NOS. The van der Waals surface area contributed by atoms with Gasteiger partial charge in [0.25, 0.3) is 0 Å². The molecule has 0 unspecified atom stereocenters. The maximum Gasteiger partial charge on any atom is 0.150 e. The highest BCUT2D eigenvalue weighted by atomic mass is 32.2. The summed E-state index contributed by atoms with van der Waals surface area (Å²) >= 11 is 1.70. The second-order valence-corrected chi connectivity index (χ2v) is 5.14. The first kappa shape index (κ1) is 10.4. The average molecular weight is 241 g/mol. The van der Waals surface area contributed by atoms with Crippen LogP contribution >= 0.6 is 11.8 Å². The zero-order valence-electron chi connectivity index (χ0n) is 9.36. The second-order valence-electron chi connectivity index (χ2n) is 4.05. The fraction of sp³-hybridized carbons (Fsp3) is 0.0714. The molecule has 0 saturated carbocycles. The molecule has 0 spiro atoms. The van der Waals surface area contributed by atoms with E-state index in [1.165, 1.54) is 4.90 Å². The van der Waals surface area contributed by atoms with E-state index in [-0.39, 0.29) is 0 Å². The minimum absolute atomic E-state index is 0.731. The number of aldehydes is 1. The topological polar surface area (TPSA) is 29.1 Å². The SMILES string of the molecule is Cc1cc(C=O)cc2c1Nc1ccccc1S2. The van der Waals surface area contributed by atoms with Crippen LogP contribution in [0.1, 0.15) is 15.9 Å². The van der Waals surface area contributed by atoms with Gasteiger partial charge in [-0.2, -0.15) is 0 Å². The smallest absolute Gasteiger partial charge is 0.150 e. The largest absolute Gasteiger partial charge is 0.353 e. The molecule has 1 heterocycles. The van der Waals surface area contributed by atoms with Gasteiger partial charge in [-0.05, 0) is 36.8 Å². The number of rotatable bonds is 1. The third-order valence-corrected chi connectivity index (χ3v) is 3.94. The fourth-order valence-electron chi connectivity index (χ4n) is 2.00. The summed E-state index contributed by atoms with van der Waals surface area (Å²) in [7, 11) is 0. The minimum Gasteiger partial charge on any atom is -0.353 e. The molecule has 2 nitrogen and oxygen atoms in total. The molecule has 0 saturated heterocycles. The Balaban J connectivity index is 2.14. The van der Waals surface area contributed by atoms with Crippen LogP contribution in [0, 0.1) is 6.92 Å². The van der Waals surface area contributed by atoms with Crippen LogP contribution < -0.4 is 5.32 Å². The number of carbonyl (C=O) groups excluding carboxylic acids is 1. The Kier molecular flexibility index (Phi) is 2.41. The van der Waals surface area contributed by atoms with Crippen molar-refractivity contribution in [1.29, 1.82) is 0 Å². The number of hydrogen-bond donors (Lipinski definition) is 1. The molecule has 1 aliphatic heterocycles. The van der Waals surface area contributed by atoms with Crippen molar-refractivity contribution in [3.63, 3.8) is 0 Å². The van der Waals surface area contributed by atoms with Crippen molar-refractivity contribution in [3.05, 3.63) is 47.5 Å². The Bertz CT molecular complexity index is 607. The predicted octanol–water partition coefficient (Wildman–Crippen LogP) is 4.02. The molecule has 0 aliphatic carbocycles. The van der Waals surface area contributed by atoms with Crippen LogP contribution in [0.25, 0.3) is 0 Å². The third-order valence-electron chi connectivity index (χ3n) is 2.82. The van der Waals surface area contributed by atoms with Crippen LogP contribution in [0.3, 0.4) is 0 Å². The van der Waals surface area contributed by atoms with Gasteiger partial charge >= 0.3 is 0 Å². The van der Waals surface area contributed by atoms with Crippen molar-refractivity contribution in [2.45, 2.75) is 16.7 Å². The van der Waals surface area contributed by atoms with E-state index in [9.17, 15) is 4.79 Å². The van der Waals surface area contributed by atoms with Crippen molar-refractivity contribution in [2.24, 2.45) is 0 Å². The number of carbonyl (C=O) groups is 1. The monoisotopic (exact) mass is 241 g/mol. The van der Waals surface area contributed by atoms with Gasteiger partial charge in [0, 0.05) is 15.4 Å². The molecule has 17 heavy (non-hydrogen) atoms. The molecule has 1 N–H and O–H groups in total. The van der Waals surface area contributed by atoms with Gasteiger partial charge in [0.15, 0.2) is 0 Å². The molecule has 1 aliphatic rings. The number of aryl methyl sites for hydroxylation is 1. The Labute approximate surface area is 104 Å². The van der Waals surface area contributed by atoms with Crippen LogP contribution in [0.2, 0.25) is 0 Å². The van der Waals surface area contributed by atoms with E-state index in [1.807, 2.05) is 31.2 Å². The number of nitrogens with one attached hydrogen (secondary N) is 1. The maximum atomic E-state index is 10.9. The van der Waals surface area contributed by atoms with Crippen LogP contribution in [-0.2, 0) is 0 Å². The minimum atomic E-state index is 0.731. The standard InChI is InChI=1S/C14H11NOS/c1-9-6-10(8-16)7-13-14(9)15-11-4-2-3-5-12(11)17-13/h2-8,15H,1H3. The van der Waals surface area contributed by atoms with Crippen LogP contribution in [0.4, 0.5) is 11.4 Å². The van der Waals surface area contributed by atoms with Crippen molar-refractivity contribution < 1.29 is 4.79 Å². The molecule has 0 fully saturated rings. The Hall–Kier alpha value is -1.74. The summed E-state index contributed by atoms with van der Waals surface area (Å²) in [5.74, 6) is 0. The molecule has 2 aromatic rings. The summed E-state index contributed by atoms with van der Waals surface area (Å²) in [5.41, 5.74) is 4.08. The molecule has 0 aromatic heterocycles. The highest BCUT2D eigenvalue weighted by Crippen LogP contribution is 2.45. The first-order valence-corrected chi connectivity index (χ1v) is 6.23. The summed E-state index contributed by atoms with van der Waals surface area (Å²) < 4.78 is 0.